The van der Waals surface area contributed by atoms with E-state index in [0.29, 0.717) is 23.9 Å². The van der Waals surface area contributed by atoms with E-state index in [4.69, 9.17) is 18.5 Å². The van der Waals surface area contributed by atoms with Gasteiger partial charge in [0.05, 0.1) is 27.7 Å². The summed E-state index contributed by atoms with van der Waals surface area (Å²) in [6, 6.07) is 0. The highest BCUT2D eigenvalue weighted by Crippen LogP contribution is 2.38. The molecular formula is C70H110NO8P. The van der Waals surface area contributed by atoms with Crippen molar-refractivity contribution < 1.29 is 42.1 Å². The number of quaternary nitrogens is 1. The van der Waals surface area contributed by atoms with Crippen molar-refractivity contribution in [1.82, 2.24) is 0 Å². The van der Waals surface area contributed by atoms with Crippen LogP contribution in [0.3, 0.4) is 0 Å². The molecule has 0 amide bonds. The van der Waals surface area contributed by atoms with E-state index >= 15 is 0 Å². The molecule has 0 spiro atoms. The predicted molar refractivity (Wildman–Crippen MR) is 341 cm³/mol. The van der Waals surface area contributed by atoms with Gasteiger partial charge >= 0.3 is 11.9 Å². The van der Waals surface area contributed by atoms with E-state index in [9.17, 15) is 19.0 Å². The molecule has 0 saturated carbocycles. The van der Waals surface area contributed by atoms with Crippen LogP contribution in [0.5, 0.6) is 0 Å². The number of likely N-dealkylation sites (N-methyl/N-ethyl adjacent to an activating group) is 1. The van der Waals surface area contributed by atoms with Gasteiger partial charge in [-0.15, -0.1) is 0 Å². The molecule has 0 radical (unpaired) electrons. The average Bonchev–Trinajstić information content (AvgIpc) is 3.42. The fourth-order valence-corrected chi connectivity index (χ4v) is 8.03. The minimum atomic E-state index is -4.66. The number of rotatable bonds is 53. The summed E-state index contributed by atoms with van der Waals surface area (Å²) in [4.78, 5) is 37.8. The van der Waals surface area contributed by atoms with Gasteiger partial charge in [0.25, 0.3) is 7.82 Å². The predicted octanol–water partition coefficient (Wildman–Crippen LogP) is 19.0. The molecule has 0 aliphatic carbocycles. The second-order valence-electron chi connectivity index (χ2n) is 20.6. The van der Waals surface area contributed by atoms with Gasteiger partial charge in [-0.3, -0.25) is 14.2 Å². The van der Waals surface area contributed by atoms with E-state index in [1.165, 1.54) is 12.8 Å². The maximum Gasteiger partial charge on any atom is 0.306 e. The lowest BCUT2D eigenvalue weighted by Crippen LogP contribution is -2.37. The topological polar surface area (TPSA) is 111 Å². The number of ether oxygens (including phenoxy) is 2. The van der Waals surface area contributed by atoms with Gasteiger partial charge in [0, 0.05) is 12.8 Å². The molecule has 448 valence electrons. The first-order valence-electron chi connectivity index (χ1n) is 30.5. The molecule has 0 fully saturated rings. The Balaban J connectivity index is 4.18. The van der Waals surface area contributed by atoms with E-state index in [1.54, 1.807) is 0 Å². The maximum absolute atomic E-state index is 12.8. The number of phosphoric acid groups is 1. The summed E-state index contributed by atoms with van der Waals surface area (Å²) >= 11 is 0. The Hall–Kier alpha value is -4.89. The van der Waals surface area contributed by atoms with Crippen molar-refractivity contribution in [3.05, 3.63) is 182 Å². The molecule has 2 atom stereocenters. The Morgan fingerprint density at radius 1 is 0.388 bits per heavy atom. The van der Waals surface area contributed by atoms with Gasteiger partial charge in [-0.2, -0.15) is 0 Å². The Labute approximate surface area is 489 Å². The number of carbonyl (C=O) groups is 2. The molecule has 0 saturated heterocycles. The minimum Gasteiger partial charge on any atom is -0.756 e. The van der Waals surface area contributed by atoms with Gasteiger partial charge in [0.2, 0.25) is 0 Å². The van der Waals surface area contributed by atoms with Gasteiger partial charge < -0.3 is 27.9 Å². The van der Waals surface area contributed by atoms with Crippen molar-refractivity contribution in [3.8, 4) is 0 Å². The van der Waals surface area contributed by atoms with Crippen LogP contribution in [0.15, 0.2) is 182 Å². The highest BCUT2D eigenvalue weighted by atomic mass is 31.2. The van der Waals surface area contributed by atoms with Crippen molar-refractivity contribution in [2.24, 2.45) is 0 Å². The Morgan fingerprint density at radius 2 is 0.675 bits per heavy atom. The molecule has 0 N–H and O–H groups in total. The van der Waals surface area contributed by atoms with E-state index in [1.807, 2.05) is 21.1 Å². The largest absolute Gasteiger partial charge is 0.756 e. The second kappa shape index (κ2) is 58.8. The zero-order valence-electron chi connectivity index (χ0n) is 50.7. The SMILES string of the molecule is CC/C=C\C/C=C\C/C=C\C/C=C\C/C=C\C/C=C\C/C=C\C/C=C\C/C=C\C/C=C\C/C=C\CCCCCCCCCC(=O)OC(COC(=O)CCCC/C=C\C/C=C\C/C=C\C/C=C\CC)COP(=O)([O-])OCC[N+](C)(C)C. The van der Waals surface area contributed by atoms with Crippen LogP contribution in [0.2, 0.25) is 0 Å². The van der Waals surface area contributed by atoms with Crippen LogP contribution < -0.4 is 4.89 Å². The Bertz CT molecular complexity index is 2000. The van der Waals surface area contributed by atoms with Crippen molar-refractivity contribution in [1.29, 1.82) is 0 Å². The summed E-state index contributed by atoms with van der Waals surface area (Å²) in [6.45, 7) is 3.91. The van der Waals surface area contributed by atoms with E-state index in [-0.39, 0.29) is 26.1 Å². The molecule has 2 unspecified atom stereocenters. The third-order valence-corrected chi connectivity index (χ3v) is 12.9. The molecule has 0 aliphatic heterocycles. The van der Waals surface area contributed by atoms with Crippen LogP contribution in [0.4, 0.5) is 0 Å². The molecular weight excluding hydrogens is 1010 g/mol. The number of carbonyl (C=O) groups excluding carboxylic acids is 2. The van der Waals surface area contributed by atoms with Gasteiger partial charge in [-0.25, -0.2) is 0 Å². The summed E-state index contributed by atoms with van der Waals surface area (Å²) < 4.78 is 34.0. The van der Waals surface area contributed by atoms with Gasteiger partial charge in [0.1, 0.15) is 19.8 Å². The first-order valence-corrected chi connectivity index (χ1v) is 32.0. The lowest BCUT2D eigenvalue weighted by Gasteiger charge is -2.28. The molecule has 0 aliphatic rings. The minimum absolute atomic E-state index is 0.0502. The van der Waals surface area contributed by atoms with Crippen LogP contribution in [-0.2, 0) is 32.7 Å². The van der Waals surface area contributed by atoms with Crippen molar-refractivity contribution in [2.45, 2.75) is 200 Å². The molecule has 10 heteroatoms. The number of hydrogen-bond donors (Lipinski definition) is 0. The van der Waals surface area contributed by atoms with Crippen molar-refractivity contribution >= 4 is 19.8 Å². The molecule has 9 nitrogen and oxygen atoms in total. The first-order chi connectivity index (χ1) is 39.0. The smallest absolute Gasteiger partial charge is 0.306 e. The molecule has 0 aromatic carbocycles. The van der Waals surface area contributed by atoms with Crippen LogP contribution in [0.1, 0.15) is 194 Å². The molecule has 0 heterocycles. The van der Waals surface area contributed by atoms with Crippen LogP contribution in [-0.4, -0.2) is 70.0 Å². The molecule has 0 aromatic heterocycles. The standard InChI is InChI=1S/C70H110NO8P/c1-6-8-10-12-14-16-18-20-22-23-24-25-26-27-28-29-30-31-32-33-34-35-36-37-38-39-40-41-42-43-44-45-46-47-49-51-53-55-57-59-61-63-70(73)79-68(67-78-80(74,75)77-65-64-71(3,4)5)66-76-69(72)62-60-58-56-54-52-50-48-21-19-17-15-13-11-9-7-2/h8-11,14-17,20-22,24-25,27-28,30-31,33-34,36-37,39-40,42-43,45-46,48,52,54,68H,6-7,12-13,18-19,23,26,29,32,35,38,41,44,47,49-51,53,55-67H2,1-5H3/b10-8-,11-9-,16-14-,17-15-,22-20-,25-24-,28-27-,31-30-,34-33-,37-36-,40-39-,43-42-,46-45-,48-21-,54-52-. The highest BCUT2D eigenvalue weighted by molar-refractivity contribution is 7.45. The number of hydrogen-bond acceptors (Lipinski definition) is 8. The molecule has 0 aromatic rings. The van der Waals surface area contributed by atoms with Gasteiger partial charge in [-0.1, -0.05) is 228 Å². The van der Waals surface area contributed by atoms with E-state index in [2.05, 4.69) is 196 Å². The van der Waals surface area contributed by atoms with Gasteiger partial charge in [0.15, 0.2) is 6.10 Å². The number of phosphoric ester groups is 1. The van der Waals surface area contributed by atoms with Crippen LogP contribution in [0.25, 0.3) is 0 Å². The summed E-state index contributed by atoms with van der Waals surface area (Å²) in [5.74, 6) is -0.912. The normalized spacial score (nSPS) is 14.5. The summed E-state index contributed by atoms with van der Waals surface area (Å²) in [7, 11) is 1.11. The lowest BCUT2D eigenvalue weighted by atomic mass is 10.1. The van der Waals surface area contributed by atoms with E-state index in [0.717, 1.165) is 141 Å². The Morgan fingerprint density at radius 3 is 1.02 bits per heavy atom. The number of allylic oxidation sites excluding steroid dienone is 30. The zero-order valence-corrected chi connectivity index (χ0v) is 51.6. The third-order valence-electron chi connectivity index (χ3n) is 11.9. The fourth-order valence-electron chi connectivity index (χ4n) is 7.30. The quantitative estimate of drug-likeness (QED) is 0.0195. The number of unbranched alkanes of at least 4 members (excludes halogenated alkanes) is 9. The highest BCUT2D eigenvalue weighted by Gasteiger charge is 2.21. The van der Waals surface area contributed by atoms with Gasteiger partial charge in [-0.05, 0) is 135 Å². The molecule has 80 heavy (non-hydrogen) atoms. The monoisotopic (exact) mass is 1120 g/mol. The van der Waals surface area contributed by atoms with Crippen LogP contribution >= 0.6 is 7.82 Å². The number of esters is 2. The zero-order chi connectivity index (χ0) is 58.4. The second-order valence-corrected chi connectivity index (χ2v) is 22.0. The number of nitrogens with zero attached hydrogens (tertiary/aromatic N) is 1. The summed E-state index contributed by atoms with van der Waals surface area (Å²) in [5.41, 5.74) is 0. The molecule has 0 rings (SSSR count). The fraction of sp³-hybridized carbons (Fsp3) is 0.543. The molecule has 0 bridgehead atoms. The maximum atomic E-state index is 12.8. The summed E-state index contributed by atoms with van der Waals surface area (Å²) in [6.07, 6.45) is 91.0. The lowest BCUT2D eigenvalue weighted by molar-refractivity contribution is -0.870. The average molecular weight is 1120 g/mol. The van der Waals surface area contributed by atoms with Crippen molar-refractivity contribution in [3.63, 3.8) is 0 Å². The van der Waals surface area contributed by atoms with Crippen LogP contribution in [0, 0.1) is 0 Å². The van der Waals surface area contributed by atoms with Crippen molar-refractivity contribution in [2.75, 3.05) is 47.5 Å². The van der Waals surface area contributed by atoms with E-state index < -0.39 is 32.5 Å². The Kier molecular flexibility index (Phi) is 55.2. The first kappa shape index (κ1) is 75.1. The third kappa shape index (κ3) is 62.3. The summed E-state index contributed by atoms with van der Waals surface area (Å²) in [5, 5.41) is 0.